The predicted molar refractivity (Wildman–Crippen MR) is 133 cm³/mol. The molecule has 0 radical (unpaired) electrons. The third kappa shape index (κ3) is 6.54. The van der Waals surface area contributed by atoms with Crippen LogP contribution >= 0.6 is 0 Å². The molecule has 182 valence electrons. The van der Waals surface area contributed by atoms with Gasteiger partial charge in [0.1, 0.15) is 0 Å². The minimum Gasteiger partial charge on any atom is -0.449 e. The molecule has 0 saturated carbocycles. The Bertz CT molecular complexity index is 1400. The molecule has 0 heterocycles. The van der Waals surface area contributed by atoms with Crippen molar-refractivity contribution in [2.45, 2.75) is 38.7 Å². The third-order valence-electron chi connectivity index (χ3n) is 5.17. The number of Topliss-reactive ketones (excluding diaryl/α,β-unsaturated/α-hetero) is 1. The Morgan fingerprint density at radius 2 is 1.54 bits per heavy atom. The second-order valence-electron chi connectivity index (χ2n) is 8.13. The van der Waals surface area contributed by atoms with Gasteiger partial charge in [-0.25, -0.2) is 13.2 Å². The number of esters is 1. The fraction of sp³-hybridized carbons (Fsp3) is 0.192. The van der Waals surface area contributed by atoms with Crippen LogP contribution in [0.15, 0.2) is 71.6 Å². The second-order valence-corrected chi connectivity index (χ2v) is 9.78. The Morgan fingerprint density at radius 3 is 2.23 bits per heavy atom. The average Bonchev–Trinajstić information content (AvgIpc) is 2.79. The van der Waals surface area contributed by atoms with Crippen LogP contribution in [0.1, 0.15) is 45.7 Å². The molecule has 0 fully saturated rings. The number of benzene rings is 3. The van der Waals surface area contributed by atoms with Gasteiger partial charge in [0.15, 0.2) is 11.9 Å². The summed E-state index contributed by atoms with van der Waals surface area (Å²) in [5, 5.41) is 2.60. The van der Waals surface area contributed by atoms with E-state index in [0.717, 1.165) is 5.56 Å². The van der Waals surface area contributed by atoms with Crippen LogP contribution in [0, 0.1) is 13.8 Å². The van der Waals surface area contributed by atoms with Gasteiger partial charge in [0, 0.05) is 16.9 Å². The number of ether oxygens (including phenoxy) is 1. The van der Waals surface area contributed by atoms with Crippen molar-refractivity contribution >= 4 is 39.1 Å². The van der Waals surface area contributed by atoms with E-state index < -0.39 is 28.0 Å². The minimum absolute atomic E-state index is 0.0153. The number of sulfonamides is 1. The zero-order valence-electron chi connectivity index (χ0n) is 19.8. The van der Waals surface area contributed by atoms with E-state index in [1.165, 1.54) is 38.1 Å². The summed E-state index contributed by atoms with van der Waals surface area (Å²) in [5.74, 6) is -1.60. The Morgan fingerprint density at radius 1 is 0.857 bits per heavy atom. The van der Waals surface area contributed by atoms with Gasteiger partial charge in [-0.2, -0.15) is 0 Å². The van der Waals surface area contributed by atoms with Crippen LogP contribution in [0.4, 0.5) is 11.4 Å². The molecule has 1 amide bonds. The Hall–Kier alpha value is -3.98. The number of nitrogens with one attached hydrogen (secondary N) is 2. The van der Waals surface area contributed by atoms with Gasteiger partial charge in [0.2, 0.25) is 0 Å². The van der Waals surface area contributed by atoms with Gasteiger partial charge in [-0.3, -0.25) is 14.3 Å². The van der Waals surface area contributed by atoms with Gasteiger partial charge in [0.25, 0.3) is 15.9 Å². The van der Waals surface area contributed by atoms with Gasteiger partial charge in [-0.05, 0) is 75.2 Å². The first-order chi connectivity index (χ1) is 16.5. The van der Waals surface area contributed by atoms with Crippen LogP contribution in [-0.4, -0.2) is 32.2 Å². The Balaban J connectivity index is 1.74. The molecular weight excluding hydrogens is 468 g/mol. The maximum Gasteiger partial charge on any atom is 0.338 e. The second kappa shape index (κ2) is 10.5. The summed E-state index contributed by atoms with van der Waals surface area (Å²) >= 11 is 0. The topological polar surface area (TPSA) is 119 Å². The fourth-order valence-electron chi connectivity index (χ4n) is 3.28. The van der Waals surface area contributed by atoms with Crippen LogP contribution in [0.25, 0.3) is 0 Å². The minimum atomic E-state index is -3.98. The van der Waals surface area contributed by atoms with Crippen molar-refractivity contribution in [3.63, 3.8) is 0 Å². The van der Waals surface area contributed by atoms with E-state index in [0.29, 0.717) is 22.5 Å². The summed E-state index contributed by atoms with van der Waals surface area (Å²) in [7, 11) is -3.98. The maximum atomic E-state index is 13.0. The van der Waals surface area contributed by atoms with Crippen LogP contribution in [0.3, 0.4) is 0 Å². The molecular formula is C26H26N2O6S. The monoisotopic (exact) mass is 494 g/mol. The number of carbonyl (C=O) groups excluding carboxylic acids is 3. The molecule has 0 aliphatic heterocycles. The number of hydrogen-bond acceptors (Lipinski definition) is 6. The van der Waals surface area contributed by atoms with E-state index >= 15 is 0 Å². The Kier molecular flexibility index (Phi) is 7.71. The zero-order chi connectivity index (χ0) is 25.8. The highest BCUT2D eigenvalue weighted by molar-refractivity contribution is 7.92. The highest BCUT2D eigenvalue weighted by Crippen LogP contribution is 2.22. The molecule has 2 N–H and O–H groups in total. The molecule has 35 heavy (non-hydrogen) atoms. The van der Waals surface area contributed by atoms with E-state index in [9.17, 15) is 22.8 Å². The van der Waals surface area contributed by atoms with Crippen molar-refractivity contribution in [2.75, 3.05) is 10.0 Å². The third-order valence-corrected chi connectivity index (χ3v) is 6.70. The molecule has 9 heteroatoms. The zero-order valence-corrected chi connectivity index (χ0v) is 20.6. The molecule has 0 saturated heterocycles. The lowest BCUT2D eigenvalue weighted by Crippen LogP contribution is -2.30. The lowest BCUT2D eigenvalue weighted by Gasteiger charge is -2.15. The highest BCUT2D eigenvalue weighted by atomic mass is 32.2. The van der Waals surface area contributed by atoms with Gasteiger partial charge in [-0.1, -0.05) is 30.3 Å². The first-order valence-corrected chi connectivity index (χ1v) is 12.3. The smallest absolute Gasteiger partial charge is 0.338 e. The normalized spacial score (nSPS) is 11.9. The molecule has 3 rings (SSSR count). The molecule has 0 aliphatic rings. The predicted octanol–water partition coefficient (Wildman–Crippen LogP) is 4.49. The number of hydrogen-bond donors (Lipinski definition) is 2. The van der Waals surface area contributed by atoms with Crippen LogP contribution in [-0.2, 0) is 19.6 Å². The van der Waals surface area contributed by atoms with Crippen molar-refractivity contribution < 1.29 is 27.5 Å². The number of amides is 1. The summed E-state index contributed by atoms with van der Waals surface area (Å²) in [6, 6.07) is 17.4. The molecule has 8 nitrogen and oxygen atoms in total. The van der Waals surface area contributed by atoms with Crippen molar-refractivity contribution in [3.8, 4) is 0 Å². The summed E-state index contributed by atoms with van der Waals surface area (Å²) in [6.07, 6.45) is -1.17. The summed E-state index contributed by atoms with van der Waals surface area (Å²) in [5.41, 5.74) is 2.53. The lowest BCUT2D eigenvalue weighted by molar-refractivity contribution is -0.123. The number of aryl methyl sites for hydroxylation is 2. The number of rotatable bonds is 8. The summed E-state index contributed by atoms with van der Waals surface area (Å²) in [4.78, 5) is 36.6. The van der Waals surface area contributed by atoms with Crippen molar-refractivity contribution in [3.05, 3.63) is 89.0 Å². The first kappa shape index (κ1) is 25.6. The van der Waals surface area contributed by atoms with Gasteiger partial charge in [-0.15, -0.1) is 0 Å². The van der Waals surface area contributed by atoms with Gasteiger partial charge in [0.05, 0.1) is 10.5 Å². The fourth-order valence-corrected chi connectivity index (χ4v) is 4.60. The molecule has 1 atom stereocenters. The summed E-state index contributed by atoms with van der Waals surface area (Å²) < 4.78 is 33.7. The van der Waals surface area contributed by atoms with E-state index in [1.807, 2.05) is 13.0 Å². The van der Waals surface area contributed by atoms with Crippen molar-refractivity contribution in [1.82, 2.24) is 0 Å². The average molecular weight is 495 g/mol. The van der Waals surface area contributed by atoms with Crippen LogP contribution in [0.5, 0.6) is 0 Å². The van der Waals surface area contributed by atoms with E-state index in [4.69, 9.17) is 4.74 Å². The molecule has 3 aromatic rings. The first-order valence-electron chi connectivity index (χ1n) is 10.8. The van der Waals surface area contributed by atoms with E-state index in [-0.39, 0.29) is 16.2 Å². The number of ketones is 1. The standard InChI is InChI=1S/C26H26N2O6S/c1-16-7-5-10-23(13-16)28-35(32,33)24-15-21(12-11-17(24)2)26(31)34-19(4)25(30)27-22-9-6-8-20(14-22)18(3)29/h5-15,19,28H,1-4H3,(H,27,30)/t19-/m0/s1. The van der Waals surface area contributed by atoms with Crippen molar-refractivity contribution in [2.24, 2.45) is 0 Å². The number of anilines is 2. The highest BCUT2D eigenvalue weighted by Gasteiger charge is 2.23. The lowest BCUT2D eigenvalue weighted by atomic mass is 10.1. The molecule has 0 aromatic heterocycles. The molecule has 0 bridgehead atoms. The van der Waals surface area contributed by atoms with E-state index in [2.05, 4.69) is 10.0 Å². The molecule has 0 aliphatic carbocycles. The summed E-state index contributed by atoms with van der Waals surface area (Å²) in [6.45, 7) is 6.27. The van der Waals surface area contributed by atoms with Gasteiger partial charge < -0.3 is 10.1 Å². The molecule has 3 aromatic carbocycles. The van der Waals surface area contributed by atoms with E-state index in [1.54, 1.807) is 43.3 Å². The largest absolute Gasteiger partial charge is 0.449 e. The van der Waals surface area contributed by atoms with Crippen LogP contribution < -0.4 is 10.0 Å². The maximum absolute atomic E-state index is 13.0. The van der Waals surface area contributed by atoms with Gasteiger partial charge >= 0.3 is 5.97 Å². The SMILES string of the molecule is CC(=O)c1cccc(NC(=O)[C@H](C)OC(=O)c2ccc(C)c(S(=O)(=O)Nc3cccc(C)c3)c2)c1. The number of carbonyl (C=O) groups is 3. The quantitative estimate of drug-likeness (QED) is 0.352. The Labute approximate surface area is 204 Å². The molecule has 0 unspecified atom stereocenters. The molecule has 0 spiro atoms. The van der Waals surface area contributed by atoms with Crippen molar-refractivity contribution in [1.29, 1.82) is 0 Å². The van der Waals surface area contributed by atoms with Crippen LogP contribution in [0.2, 0.25) is 0 Å².